The Morgan fingerprint density at radius 1 is 1.08 bits per heavy atom. The number of likely N-dealkylation sites (tertiary alicyclic amines) is 1. The van der Waals surface area contributed by atoms with Gasteiger partial charge >= 0.3 is 0 Å². The van der Waals surface area contributed by atoms with E-state index in [4.69, 9.17) is 10.5 Å². The SMILES string of the molecule is Cl.NCC1(C(=O)N2CCC(NC(=O)CC3CCCC3)CC2)CCOCC1. The molecule has 2 aliphatic heterocycles. The van der Waals surface area contributed by atoms with Crippen LogP contribution in [-0.2, 0) is 14.3 Å². The van der Waals surface area contributed by atoms with Crippen molar-refractivity contribution in [3.63, 3.8) is 0 Å². The van der Waals surface area contributed by atoms with E-state index < -0.39 is 5.41 Å². The highest BCUT2D eigenvalue weighted by Gasteiger charge is 2.42. The molecule has 3 aliphatic rings. The van der Waals surface area contributed by atoms with Gasteiger partial charge in [-0.2, -0.15) is 0 Å². The maximum atomic E-state index is 13.0. The largest absolute Gasteiger partial charge is 0.381 e. The molecule has 0 atom stereocenters. The van der Waals surface area contributed by atoms with Gasteiger partial charge in [0.25, 0.3) is 0 Å². The summed E-state index contributed by atoms with van der Waals surface area (Å²) < 4.78 is 5.41. The summed E-state index contributed by atoms with van der Waals surface area (Å²) in [5.74, 6) is 0.966. The number of amides is 2. The Kier molecular flexibility index (Phi) is 8.17. The second kappa shape index (κ2) is 9.90. The lowest BCUT2D eigenvalue weighted by Gasteiger charge is -2.41. The lowest BCUT2D eigenvalue weighted by molar-refractivity contribution is -0.148. The number of carbonyl (C=O) groups excluding carboxylic acids is 2. The predicted octanol–water partition coefficient (Wildman–Crippen LogP) is 1.85. The maximum Gasteiger partial charge on any atom is 0.230 e. The van der Waals surface area contributed by atoms with Crippen molar-refractivity contribution < 1.29 is 14.3 Å². The Hall–Kier alpha value is -0.850. The lowest BCUT2D eigenvalue weighted by Crippen LogP contribution is -2.54. The van der Waals surface area contributed by atoms with E-state index in [0.29, 0.717) is 32.1 Å². The van der Waals surface area contributed by atoms with E-state index in [1.807, 2.05) is 4.90 Å². The number of rotatable bonds is 5. The number of piperidine rings is 1. The van der Waals surface area contributed by atoms with Gasteiger partial charge in [-0.1, -0.05) is 12.8 Å². The van der Waals surface area contributed by atoms with E-state index in [0.717, 1.165) is 38.8 Å². The molecule has 7 heteroatoms. The third-order valence-corrected chi connectivity index (χ3v) is 6.39. The van der Waals surface area contributed by atoms with Crippen molar-refractivity contribution in [2.75, 3.05) is 32.8 Å². The summed E-state index contributed by atoms with van der Waals surface area (Å²) in [5.41, 5.74) is 5.52. The monoisotopic (exact) mass is 387 g/mol. The second-order valence-electron chi connectivity index (χ2n) is 8.09. The molecule has 0 radical (unpaired) electrons. The molecule has 2 heterocycles. The summed E-state index contributed by atoms with van der Waals surface area (Å²) in [6.45, 7) is 3.08. The molecule has 26 heavy (non-hydrogen) atoms. The molecule has 3 fully saturated rings. The number of nitrogens with zero attached hydrogens (tertiary/aromatic N) is 1. The Morgan fingerprint density at radius 2 is 1.69 bits per heavy atom. The van der Waals surface area contributed by atoms with Crippen LogP contribution in [0.5, 0.6) is 0 Å². The molecule has 3 rings (SSSR count). The molecule has 1 aliphatic carbocycles. The molecular weight excluding hydrogens is 354 g/mol. The first-order valence-corrected chi connectivity index (χ1v) is 9.99. The van der Waals surface area contributed by atoms with Gasteiger partial charge in [0.15, 0.2) is 0 Å². The molecule has 150 valence electrons. The van der Waals surface area contributed by atoms with Gasteiger partial charge in [0.1, 0.15) is 0 Å². The Bertz CT molecular complexity index is 469. The number of hydrogen-bond acceptors (Lipinski definition) is 4. The first-order valence-electron chi connectivity index (χ1n) is 9.99. The van der Waals surface area contributed by atoms with Gasteiger partial charge in [-0.25, -0.2) is 0 Å². The van der Waals surface area contributed by atoms with Crippen molar-refractivity contribution in [1.82, 2.24) is 10.2 Å². The molecule has 2 amide bonds. The van der Waals surface area contributed by atoms with Gasteiger partial charge in [0.2, 0.25) is 11.8 Å². The number of nitrogens with one attached hydrogen (secondary N) is 1. The summed E-state index contributed by atoms with van der Waals surface area (Å²) >= 11 is 0. The van der Waals surface area contributed by atoms with Crippen LogP contribution in [0.2, 0.25) is 0 Å². The van der Waals surface area contributed by atoms with Crippen molar-refractivity contribution in [3.05, 3.63) is 0 Å². The fraction of sp³-hybridized carbons (Fsp3) is 0.895. The Morgan fingerprint density at radius 3 is 2.27 bits per heavy atom. The summed E-state index contributed by atoms with van der Waals surface area (Å²) in [7, 11) is 0. The molecule has 3 N–H and O–H groups in total. The highest BCUT2D eigenvalue weighted by molar-refractivity contribution is 5.85. The molecule has 0 spiro atoms. The first-order chi connectivity index (χ1) is 12.1. The summed E-state index contributed by atoms with van der Waals surface area (Å²) in [5, 5.41) is 3.19. The van der Waals surface area contributed by atoms with Gasteiger partial charge in [-0.3, -0.25) is 9.59 Å². The number of nitrogens with two attached hydrogens (primary N) is 1. The third-order valence-electron chi connectivity index (χ3n) is 6.39. The van der Waals surface area contributed by atoms with E-state index in [2.05, 4.69) is 5.32 Å². The average Bonchev–Trinajstić information content (AvgIpc) is 3.15. The number of halogens is 1. The standard InChI is InChI=1S/C19H33N3O3.ClH/c20-14-19(7-11-25-12-8-19)18(24)22-9-5-16(6-10-22)21-17(23)13-15-3-1-2-4-15;/h15-16H,1-14,20H2,(H,21,23);1H. The van der Waals surface area contributed by atoms with E-state index in [1.54, 1.807) is 0 Å². The zero-order valence-electron chi connectivity index (χ0n) is 15.7. The number of ether oxygens (including phenoxy) is 1. The topological polar surface area (TPSA) is 84.7 Å². The van der Waals surface area contributed by atoms with Gasteiger partial charge in [-0.05, 0) is 44.4 Å². The fourth-order valence-electron chi connectivity index (χ4n) is 4.59. The molecule has 1 saturated carbocycles. The van der Waals surface area contributed by atoms with Gasteiger partial charge in [0.05, 0.1) is 5.41 Å². The van der Waals surface area contributed by atoms with Crippen molar-refractivity contribution in [1.29, 1.82) is 0 Å². The third kappa shape index (κ3) is 5.11. The van der Waals surface area contributed by atoms with Crippen LogP contribution in [0.3, 0.4) is 0 Å². The normalized spacial score (nSPS) is 24.1. The average molecular weight is 388 g/mol. The summed E-state index contributed by atoms with van der Waals surface area (Å²) in [6.07, 6.45) is 8.75. The van der Waals surface area contributed by atoms with Crippen LogP contribution in [0.1, 0.15) is 57.8 Å². The quantitative estimate of drug-likeness (QED) is 0.753. The Balaban J connectivity index is 0.00000243. The van der Waals surface area contributed by atoms with Crippen LogP contribution in [0.15, 0.2) is 0 Å². The highest BCUT2D eigenvalue weighted by Crippen LogP contribution is 2.33. The predicted molar refractivity (Wildman–Crippen MR) is 103 cm³/mol. The highest BCUT2D eigenvalue weighted by atomic mass is 35.5. The fourth-order valence-corrected chi connectivity index (χ4v) is 4.59. The van der Waals surface area contributed by atoms with E-state index in [9.17, 15) is 9.59 Å². The van der Waals surface area contributed by atoms with Crippen LogP contribution in [0.4, 0.5) is 0 Å². The van der Waals surface area contributed by atoms with Crippen LogP contribution >= 0.6 is 12.4 Å². The van der Waals surface area contributed by atoms with Gasteiger partial charge < -0.3 is 20.7 Å². The van der Waals surface area contributed by atoms with E-state index in [-0.39, 0.29) is 30.3 Å². The second-order valence-corrected chi connectivity index (χ2v) is 8.09. The first kappa shape index (κ1) is 21.5. The Labute approximate surface area is 163 Å². The molecule has 0 unspecified atom stereocenters. The molecular formula is C19H34ClN3O3. The van der Waals surface area contributed by atoms with Crippen molar-refractivity contribution in [2.24, 2.45) is 17.1 Å². The minimum absolute atomic E-state index is 0. The molecule has 2 saturated heterocycles. The van der Waals surface area contributed by atoms with Gasteiger partial charge in [0, 0.05) is 45.3 Å². The minimum Gasteiger partial charge on any atom is -0.381 e. The van der Waals surface area contributed by atoms with Crippen molar-refractivity contribution in [2.45, 2.75) is 63.8 Å². The van der Waals surface area contributed by atoms with Crippen LogP contribution in [0, 0.1) is 11.3 Å². The summed E-state index contributed by atoms with van der Waals surface area (Å²) in [6, 6.07) is 0.210. The molecule has 0 aromatic carbocycles. The minimum atomic E-state index is -0.434. The number of carbonyl (C=O) groups is 2. The zero-order chi connectivity index (χ0) is 17.7. The van der Waals surface area contributed by atoms with Crippen LogP contribution < -0.4 is 11.1 Å². The molecule has 0 bridgehead atoms. The molecule has 0 aromatic heterocycles. The van der Waals surface area contributed by atoms with Crippen molar-refractivity contribution >= 4 is 24.2 Å². The molecule has 6 nitrogen and oxygen atoms in total. The number of hydrogen-bond donors (Lipinski definition) is 2. The van der Waals surface area contributed by atoms with Crippen molar-refractivity contribution in [3.8, 4) is 0 Å². The molecule has 0 aromatic rings. The van der Waals surface area contributed by atoms with Crippen LogP contribution in [-0.4, -0.2) is 55.6 Å². The van der Waals surface area contributed by atoms with E-state index in [1.165, 1.54) is 25.7 Å². The smallest absolute Gasteiger partial charge is 0.230 e. The van der Waals surface area contributed by atoms with Crippen LogP contribution in [0.25, 0.3) is 0 Å². The van der Waals surface area contributed by atoms with Gasteiger partial charge in [-0.15, -0.1) is 12.4 Å². The van der Waals surface area contributed by atoms with E-state index >= 15 is 0 Å². The maximum absolute atomic E-state index is 13.0. The lowest BCUT2D eigenvalue weighted by atomic mass is 9.78. The zero-order valence-corrected chi connectivity index (χ0v) is 16.5. The summed E-state index contributed by atoms with van der Waals surface area (Å²) in [4.78, 5) is 27.1.